The van der Waals surface area contributed by atoms with Crippen molar-refractivity contribution in [3.8, 4) is 0 Å². The molecule has 0 aliphatic carbocycles. The molecule has 1 fully saturated rings. The first-order chi connectivity index (χ1) is 12.1. The molecular formula is C19H23N3O3. The van der Waals surface area contributed by atoms with E-state index in [2.05, 4.69) is 14.9 Å². The van der Waals surface area contributed by atoms with E-state index in [0.717, 1.165) is 42.9 Å². The van der Waals surface area contributed by atoms with Gasteiger partial charge < -0.3 is 9.84 Å². The molecule has 6 nitrogen and oxygen atoms in total. The standard InChI is InChI=1S/C19H23N3O3/c1-14-10-16(21-13-20-14)6-7-17-12-22(8-9-25-17)11-15-4-2-3-5-18(15)19(23)24/h2-5,10,13,17H,6-9,11-12H2,1H3,(H,23,24). The number of hydrogen-bond acceptors (Lipinski definition) is 5. The Morgan fingerprint density at radius 1 is 1.36 bits per heavy atom. The van der Waals surface area contributed by atoms with Gasteiger partial charge in [0.25, 0.3) is 0 Å². The zero-order valence-corrected chi connectivity index (χ0v) is 14.4. The van der Waals surface area contributed by atoms with Crippen LogP contribution in [0.5, 0.6) is 0 Å². The minimum absolute atomic E-state index is 0.140. The Bertz CT molecular complexity index is 735. The van der Waals surface area contributed by atoms with E-state index in [1.165, 1.54) is 0 Å². The number of nitrogens with zero attached hydrogens (tertiary/aromatic N) is 3. The van der Waals surface area contributed by atoms with E-state index in [-0.39, 0.29) is 6.10 Å². The Morgan fingerprint density at radius 2 is 2.20 bits per heavy atom. The molecule has 2 heterocycles. The van der Waals surface area contributed by atoms with Crippen molar-refractivity contribution in [2.24, 2.45) is 0 Å². The van der Waals surface area contributed by atoms with Gasteiger partial charge in [-0.25, -0.2) is 14.8 Å². The molecule has 6 heteroatoms. The third-order valence-corrected chi connectivity index (χ3v) is 4.45. The summed E-state index contributed by atoms with van der Waals surface area (Å²) in [5.41, 5.74) is 3.23. The summed E-state index contributed by atoms with van der Waals surface area (Å²) in [6, 6.07) is 9.20. The van der Waals surface area contributed by atoms with Crippen LogP contribution in [0.4, 0.5) is 0 Å². The second-order valence-electron chi connectivity index (χ2n) is 6.38. The summed E-state index contributed by atoms with van der Waals surface area (Å²) in [5, 5.41) is 9.32. The Kier molecular flexibility index (Phi) is 5.73. The molecule has 1 atom stereocenters. The lowest BCUT2D eigenvalue weighted by molar-refractivity contribution is -0.0347. The molecule has 0 radical (unpaired) electrons. The average molecular weight is 341 g/mol. The highest BCUT2D eigenvalue weighted by molar-refractivity contribution is 5.89. The first-order valence-electron chi connectivity index (χ1n) is 8.54. The zero-order chi connectivity index (χ0) is 17.6. The van der Waals surface area contributed by atoms with Gasteiger partial charge in [-0.3, -0.25) is 4.90 Å². The predicted molar refractivity (Wildman–Crippen MR) is 93.5 cm³/mol. The lowest BCUT2D eigenvalue weighted by Crippen LogP contribution is -2.42. The maximum atomic E-state index is 11.4. The Labute approximate surface area is 147 Å². The van der Waals surface area contributed by atoms with E-state index >= 15 is 0 Å². The van der Waals surface area contributed by atoms with Crippen molar-refractivity contribution in [1.29, 1.82) is 0 Å². The minimum Gasteiger partial charge on any atom is -0.478 e. The highest BCUT2D eigenvalue weighted by atomic mass is 16.5. The van der Waals surface area contributed by atoms with E-state index in [1.807, 2.05) is 25.1 Å². The average Bonchev–Trinajstić information content (AvgIpc) is 2.61. The lowest BCUT2D eigenvalue weighted by Gasteiger charge is -2.33. The summed E-state index contributed by atoms with van der Waals surface area (Å²) in [5.74, 6) is -0.875. The number of aromatic carboxylic acids is 1. The minimum atomic E-state index is -0.875. The molecule has 25 heavy (non-hydrogen) atoms. The molecule has 1 saturated heterocycles. The topological polar surface area (TPSA) is 75.6 Å². The largest absolute Gasteiger partial charge is 0.478 e. The quantitative estimate of drug-likeness (QED) is 0.869. The van der Waals surface area contributed by atoms with Gasteiger partial charge in [0.05, 0.1) is 18.3 Å². The molecule has 1 N–H and O–H groups in total. The van der Waals surface area contributed by atoms with Gasteiger partial charge in [-0.1, -0.05) is 18.2 Å². The van der Waals surface area contributed by atoms with Gasteiger partial charge in [0.15, 0.2) is 0 Å². The molecule has 1 aliphatic heterocycles. The number of rotatable bonds is 6. The van der Waals surface area contributed by atoms with E-state index < -0.39 is 5.97 Å². The van der Waals surface area contributed by atoms with E-state index in [1.54, 1.807) is 18.5 Å². The molecule has 0 saturated carbocycles. The van der Waals surface area contributed by atoms with Crippen molar-refractivity contribution in [2.75, 3.05) is 19.7 Å². The van der Waals surface area contributed by atoms with Gasteiger partial charge in [0.2, 0.25) is 0 Å². The van der Waals surface area contributed by atoms with Crippen molar-refractivity contribution in [1.82, 2.24) is 14.9 Å². The van der Waals surface area contributed by atoms with Crippen molar-refractivity contribution in [3.63, 3.8) is 0 Å². The molecular weight excluding hydrogens is 318 g/mol. The summed E-state index contributed by atoms with van der Waals surface area (Å²) >= 11 is 0. The van der Waals surface area contributed by atoms with Crippen LogP contribution >= 0.6 is 0 Å². The summed E-state index contributed by atoms with van der Waals surface area (Å²) < 4.78 is 5.87. The number of benzene rings is 1. The number of morpholine rings is 1. The second kappa shape index (κ2) is 8.18. The van der Waals surface area contributed by atoms with Crippen molar-refractivity contribution >= 4 is 5.97 Å². The van der Waals surface area contributed by atoms with Crippen LogP contribution in [-0.4, -0.2) is 51.7 Å². The monoisotopic (exact) mass is 341 g/mol. The fraction of sp³-hybridized carbons (Fsp3) is 0.421. The van der Waals surface area contributed by atoms with Crippen molar-refractivity contribution < 1.29 is 14.6 Å². The van der Waals surface area contributed by atoms with Gasteiger partial charge in [-0.15, -0.1) is 0 Å². The first-order valence-corrected chi connectivity index (χ1v) is 8.54. The molecule has 0 amide bonds. The number of ether oxygens (including phenoxy) is 1. The molecule has 0 bridgehead atoms. The maximum absolute atomic E-state index is 11.4. The van der Waals surface area contributed by atoms with E-state index in [9.17, 15) is 9.90 Å². The van der Waals surface area contributed by atoms with Gasteiger partial charge in [0.1, 0.15) is 6.33 Å². The van der Waals surface area contributed by atoms with Crippen LogP contribution in [0, 0.1) is 6.92 Å². The molecule has 1 aromatic heterocycles. The van der Waals surface area contributed by atoms with Crippen LogP contribution in [0.2, 0.25) is 0 Å². The van der Waals surface area contributed by atoms with Gasteiger partial charge >= 0.3 is 5.97 Å². The SMILES string of the molecule is Cc1cc(CCC2CN(Cc3ccccc3C(=O)O)CCO2)ncn1. The molecule has 132 valence electrons. The summed E-state index contributed by atoms with van der Waals surface area (Å²) in [6.07, 6.45) is 3.49. The predicted octanol–water partition coefficient (Wildman–Crippen LogP) is 2.32. The van der Waals surface area contributed by atoms with Crippen LogP contribution in [0.3, 0.4) is 0 Å². The van der Waals surface area contributed by atoms with E-state index in [0.29, 0.717) is 18.7 Å². The first kappa shape index (κ1) is 17.5. The highest BCUT2D eigenvalue weighted by Gasteiger charge is 2.22. The summed E-state index contributed by atoms with van der Waals surface area (Å²) in [4.78, 5) is 22.0. The maximum Gasteiger partial charge on any atom is 0.336 e. The highest BCUT2D eigenvalue weighted by Crippen LogP contribution is 2.17. The second-order valence-corrected chi connectivity index (χ2v) is 6.38. The number of aryl methyl sites for hydroxylation is 2. The Hall–Kier alpha value is -2.31. The van der Waals surface area contributed by atoms with Crippen LogP contribution < -0.4 is 0 Å². The molecule has 1 aromatic carbocycles. The van der Waals surface area contributed by atoms with Crippen molar-refractivity contribution in [3.05, 3.63) is 59.2 Å². The third kappa shape index (κ3) is 4.84. The normalized spacial score (nSPS) is 18.2. The zero-order valence-electron chi connectivity index (χ0n) is 14.4. The van der Waals surface area contributed by atoms with E-state index in [4.69, 9.17) is 4.74 Å². The number of carbonyl (C=O) groups is 1. The summed E-state index contributed by atoms with van der Waals surface area (Å²) in [7, 11) is 0. The Morgan fingerprint density at radius 3 is 3.00 bits per heavy atom. The van der Waals surface area contributed by atoms with Crippen LogP contribution in [0.15, 0.2) is 36.7 Å². The van der Waals surface area contributed by atoms with Crippen LogP contribution in [-0.2, 0) is 17.7 Å². The van der Waals surface area contributed by atoms with Gasteiger partial charge in [-0.2, -0.15) is 0 Å². The number of aromatic nitrogens is 2. The fourth-order valence-electron chi connectivity index (χ4n) is 3.16. The molecule has 2 aromatic rings. The van der Waals surface area contributed by atoms with Crippen LogP contribution in [0.25, 0.3) is 0 Å². The van der Waals surface area contributed by atoms with Gasteiger partial charge in [0, 0.05) is 31.0 Å². The molecule has 1 aliphatic rings. The van der Waals surface area contributed by atoms with Crippen molar-refractivity contribution in [2.45, 2.75) is 32.4 Å². The third-order valence-electron chi connectivity index (χ3n) is 4.45. The smallest absolute Gasteiger partial charge is 0.336 e. The summed E-state index contributed by atoms with van der Waals surface area (Å²) in [6.45, 7) is 4.89. The molecule has 3 rings (SSSR count). The lowest BCUT2D eigenvalue weighted by atomic mass is 10.1. The Balaban J connectivity index is 1.57. The molecule has 0 spiro atoms. The fourth-order valence-corrected chi connectivity index (χ4v) is 3.16. The number of hydrogen-bond donors (Lipinski definition) is 1. The number of carboxylic acids is 1. The molecule has 1 unspecified atom stereocenters. The van der Waals surface area contributed by atoms with Gasteiger partial charge in [-0.05, 0) is 37.5 Å². The number of carboxylic acid groups (broad SMARTS) is 1. The van der Waals surface area contributed by atoms with Crippen LogP contribution in [0.1, 0.15) is 33.7 Å².